The van der Waals surface area contributed by atoms with Crippen molar-refractivity contribution in [1.82, 2.24) is 4.90 Å². The summed E-state index contributed by atoms with van der Waals surface area (Å²) in [5.41, 5.74) is 1.44. The van der Waals surface area contributed by atoms with Crippen molar-refractivity contribution in [2.45, 2.75) is 17.7 Å². The monoisotopic (exact) mass is 277 g/mol. The summed E-state index contributed by atoms with van der Waals surface area (Å²) in [7, 11) is 0. The zero-order chi connectivity index (χ0) is 13.4. The number of likely N-dealkylation sites (tertiary alicyclic amines) is 1. The molecule has 2 aliphatic rings. The second kappa shape index (κ2) is 5.17. The van der Waals surface area contributed by atoms with Crippen LogP contribution < -0.4 is 0 Å². The third-order valence-corrected chi connectivity index (χ3v) is 5.53. The third-order valence-electron chi connectivity index (χ3n) is 4.28. The third kappa shape index (κ3) is 2.51. The lowest BCUT2D eigenvalue weighted by Gasteiger charge is -2.20. The topological polar surface area (TPSA) is 40.5 Å². The maximum absolute atomic E-state index is 11.2. The summed E-state index contributed by atoms with van der Waals surface area (Å²) >= 11 is 1.92. The van der Waals surface area contributed by atoms with Gasteiger partial charge in [-0.1, -0.05) is 25.1 Å². The molecule has 1 aromatic carbocycles. The Morgan fingerprint density at radius 3 is 2.95 bits per heavy atom. The van der Waals surface area contributed by atoms with Gasteiger partial charge >= 0.3 is 5.97 Å². The van der Waals surface area contributed by atoms with Crippen LogP contribution in [0.5, 0.6) is 0 Å². The van der Waals surface area contributed by atoms with Crippen molar-refractivity contribution in [1.29, 1.82) is 0 Å². The summed E-state index contributed by atoms with van der Waals surface area (Å²) in [4.78, 5) is 14.9. The number of aliphatic carboxylic acids is 1. The van der Waals surface area contributed by atoms with Crippen LogP contribution in [0.15, 0.2) is 29.2 Å². The molecule has 3 rings (SSSR count). The first-order valence-electron chi connectivity index (χ1n) is 6.82. The molecule has 2 heterocycles. The van der Waals surface area contributed by atoms with Crippen LogP contribution in [-0.4, -0.2) is 41.4 Å². The molecule has 1 fully saturated rings. The Kier molecular flexibility index (Phi) is 3.54. The van der Waals surface area contributed by atoms with Gasteiger partial charge in [0.2, 0.25) is 0 Å². The molecule has 2 aliphatic heterocycles. The number of rotatable bonds is 3. The molecule has 0 radical (unpaired) electrons. The van der Waals surface area contributed by atoms with E-state index in [2.05, 4.69) is 36.1 Å². The van der Waals surface area contributed by atoms with Crippen LogP contribution in [0.4, 0.5) is 0 Å². The lowest BCUT2D eigenvalue weighted by molar-refractivity contribution is -0.142. The summed E-state index contributed by atoms with van der Waals surface area (Å²) in [6.45, 7) is 4.67. The Bertz CT molecular complexity index is 491. The Balaban J connectivity index is 1.66. The van der Waals surface area contributed by atoms with E-state index in [1.54, 1.807) is 0 Å². The number of carbonyl (C=O) groups is 1. The molecule has 1 unspecified atom stereocenters. The highest BCUT2D eigenvalue weighted by molar-refractivity contribution is 7.99. The Morgan fingerprint density at radius 1 is 1.42 bits per heavy atom. The van der Waals surface area contributed by atoms with Crippen molar-refractivity contribution in [3.63, 3.8) is 0 Å². The molecule has 3 atom stereocenters. The zero-order valence-electron chi connectivity index (χ0n) is 11.1. The normalized spacial score (nSPS) is 30.5. The molecule has 1 saturated heterocycles. The SMILES string of the molecule is C[C@@H]1CN(CC2CSc3ccccc32)C[C@H]1C(=O)O. The van der Waals surface area contributed by atoms with E-state index in [9.17, 15) is 9.90 Å². The summed E-state index contributed by atoms with van der Waals surface area (Å²) in [6, 6.07) is 8.60. The molecule has 3 nitrogen and oxygen atoms in total. The number of thioether (sulfide) groups is 1. The minimum atomic E-state index is -0.642. The number of benzene rings is 1. The van der Waals surface area contributed by atoms with Gasteiger partial charge in [0, 0.05) is 36.2 Å². The lowest BCUT2D eigenvalue weighted by Crippen LogP contribution is -2.28. The quantitative estimate of drug-likeness (QED) is 0.921. The van der Waals surface area contributed by atoms with Gasteiger partial charge in [-0.05, 0) is 17.5 Å². The van der Waals surface area contributed by atoms with Gasteiger partial charge in [-0.2, -0.15) is 0 Å². The fraction of sp³-hybridized carbons (Fsp3) is 0.533. The van der Waals surface area contributed by atoms with E-state index in [0.29, 0.717) is 12.5 Å². The molecule has 19 heavy (non-hydrogen) atoms. The maximum atomic E-state index is 11.2. The molecule has 0 spiro atoms. The Labute approximate surface area is 118 Å². The molecule has 0 amide bonds. The van der Waals surface area contributed by atoms with Gasteiger partial charge in [-0.25, -0.2) is 0 Å². The summed E-state index contributed by atoms with van der Waals surface area (Å²) in [5, 5.41) is 9.19. The van der Waals surface area contributed by atoms with Crippen LogP contribution >= 0.6 is 11.8 Å². The first-order chi connectivity index (χ1) is 9.15. The molecule has 4 heteroatoms. The van der Waals surface area contributed by atoms with Crippen LogP contribution in [0.3, 0.4) is 0 Å². The summed E-state index contributed by atoms with van der Waals surface area (Å²) in [5.74, 6) is 1.12. The minimum absolute atomic E-state index is 0.190. The second-order valence-corrected chi connectivity index (χ2v) is 6.75. The standard InChI is InChI=1S/C15H19NO2S/c1-10-6-16(8-13(10)15(17)18)7-11-9-19-14-5-3-2-4-12(11)14/h2-5,10-11,13H,6-9H2,1H3,(H,17,18)/t10-,11?,13-/m1/s1. The Hall–Kier alpha value is -1.00. The highest BCUT2D eigenvalue weighted by Gasteiger charge is 2.36. The van der Waals surface area contributed by atoms with Gasteiger partial charge in [-0.15, -0.1) is 11.8 Å². The highest BCUT2D eigenvalue weighted by atomic mass is 32.2. The molecule has 0 aromatic heterocycles. The number of hydrogen-bond acceptors (Lipinski definition) is 3. The van der Waals surface area contributed by atoms with E-state index >= 15 is 0 Å². The molecular weight excluding hydrogens is 258 g/mol. The van der Waals surface area contributed by atoms with Crippen LogP contribution in [0.1, 0.15) is 18.4 Å². The van der Waals surface area contributed by atoms with Gasteiger partial charge in [0.05, 0.1) is 5.92 Å². The average molecular weight is 277 g/mol. The second-order valence-electron chi connectivity index (χ2n) is 5.69. The van der Waals surface area contributed by atoms with Gasteiger partial charge in [0.25, 0.3) is 0 Å². The van der Waals surface area contributed by atoms with Gasteiger partial charge in [0.15, 0.2) is 0 Å². The van der Waals surface area contributed by atoms with Crippen molar-refractivity contribution in [2.24, 2.45) is 11.8 Å². The molecule has 102 valence electrons. The highest BCUT2D eigenvalue weighted by Crippen LogP contribution is 2.40. The molecule has 1 aromatic rings. The largest absolute Gasteiger partial charge is 0.481 e. The average Bonchev–Trinajstić information content (AvgIpc) is 2.95. The van der Waals surface area contributed by atoms with E-state index in [0.717, 1.165) is 18.8 Å². The maximum Gasteiger partial charge on any atom is 0.308 e. The van der Waals surface area contributed by atoms with Crippen molar-refractivity contribution in [2.75, 3.05) is 25.4 Å². The van der Waals surface area contributed by atoms with E-state index < -0.39 is 5.97 Å². The van der Waals surface area contributed by atoms with E-state index in [-0.39, 0.29) is 11.8 Å². The number of hydrogen-bond donors (Lipinski definition) is 1. The van der Waals surface area contributed by atoms with Gasteiger partial charge < -0.3 is 10.0 Å². The molecule has 0 saturated carbocycles. The first kappa shape index (κ1) is 13.0. The zero-order valence-corrected chi connectivity index (χ0v) is 11.9. The molecule has 0 bridgehead atoms. The fourth-order valence-corrected chi connectivity index (χ4v) is 4.47. The smallest absolute Gasteiger partial charge is 0.308 e. The number of carboxylic acids is 1. The van der Waals surface area contributed by atoms with Crippen LogP contribution in [0, 0.1) is 11.8 Å². The number of fused-ring (bicyclic) bond motifs is 1. The van der Waals surface area contributed by atoms with Crippen molar-refractivity contribution < 1.29 is 9.90 Å². The van der Waals surface area contributed by atoms with Crippen molar-refractivity contribution in [3.8, 4) is 0 Å². The van der Waals surface area contributed by atoms with E-state index in [1.807, 2.05) is 11.8 Å². The predicted octanol–water partition coefficient (Wildman–Crippen LogP) is 2.53. The lowest BCUT2D eigenvalue weighted by atomic mass is 9.99. The summed E-state index contributed by atoms with van der Waals surface area (Å²) < 4.78 is 0. The number of nitrogens with zero attached hydrogens (tertiary/aromatic N) is 1. The Morgan fingerprint density at radius 2 is 2.21 bits per heavy atom. The molecule has 0 aliphatic carbocycles. The van der Waals surface area contributed by atoms with Crippen LogP contribution in [0.25, 0.3) is 0 Å². The fourth-order valence-electron chi connectivity index (χ4n) is 3.23. The summed E-state index contributed by atoms with van der Waals surface area (Å²) in [6.07, 6.45) is 0. The van der Waals surface area contributed by atoms with E-state index in [4.69, 9.17) is 0 Å². The number of carboxylic acid groups (broad SMARTS) is 1. The minimum Gasteiger partial charge on any atom is -0.481 e. The predicted molar refractivity (Wildman–Crippen MR) is 76.6 cm³/mol. The van der Waals surface area contributed by atoms with Crippen LogP contribution in [0.2, 0.25) is 0 Å². The van der Waals surface area contributed by atoms with Gasteiger partial charge in [-0.3, -0.25) is 4.79 Å². The molecule has 1 N–H and O–H groups in total. The van der Waals surface area contributed by atoms with Crippen molar-refractivity contribution in [3.05, 3.63) is 29.8 Å². The first-order valence-corrected chi connectivity index (χ1v) is 7.80. The molecular formula is C15H19NO2S. The van der Waals surface area contributed by atoms with Gasteiger partial charge in [0.1, 0.15) is 0 Å². The van der Waals surface area contributed by atoms with E-state index in [1.165, 1.54) is 10.5 Å². The van der Waals surface area contributed by atoms with Crippen molar-refractivity contribution >= 4 is 17.7 Å². The van der Waals surface area contributed by atoms with Crippen LogP contribution in [-0.2, 0) is 4.79 Å².